The molecule has 1 atom stereocenters. The molecule has 0 unspecified atom stereocenters. The van der Waals surface area contributed by atoms with E-state index < -0.39 is 18.1 Å². The Morgan fingerprint density at radius 1 is 1.12 bits per heavy atom. The molecule has 0 radical (unpaired) electrons. The number of nitrogens with one attached hydrogen (secondary N) is 1. The van der Waals surface area contributed by atoms with Gasteiger partial charge in [-0.05, 0) is 23.3 Å². The number of methoxy groups -OCH3 is 1. The Hall–Kier alpha value is -3.02. The molecule has 2 aromatic rings. The van der Waals surface area contributed by atoms with Crippen molar-refractivity contribution in [3.8, 4) is 5.75 Å². The number of carbonyl (C=O) groups excluding carboxylic acids is 1. The van der Waals surface area contributed by atoms with Crippen LogP contribution in [0.5, 0.6) is 5.75 Å². The van der Waals surface area contributed by atoms with Gasteiger partial charge in [0.05, 0.1) is 19.6 Å². The molecule has 0 saturated carbocycles. The highest BCUT2D eigenvalue weighted by Gasteiger charge is 2.19. The molecule has 2 N–H and O–H groups in total. The number of carbonyl (C=O) groups is 2. The number of hydrogen-bond donors (Lipinski definition) is 2. The van der Waals surface area contributed by atoms with Crippen LogP contribution in [0.2, 0.25) is 0 Å². The normalized spacial score (nSPS) is 11.4. The van der Waals surface area contributed by atoms with E-state index >= 15 is 0 Å². The summed E-state index contributed by atoms with van der Waals surface area (Å²) < 4.78 is 10.3. The van der Waals surface area contributed by atoms with Crippen molar-refractivity contribution in [1.29, 1.82) is 0 Å². The van der Waals surface area contributed by atoms with Gasteiger partial charge in [0.2, 0.25) is 0 Å². The van der Waals surface area contributed by atoms with Gasteiger partial charge in [-0.2, -0.15) is 0 Å². The number of carboxylic acids is 1. The first-order chi connectivity index (χ1) is 11.6. The summed E-state index contributed by atoms with van der Waals surface area (Å²) in [5.74, 6) is -0.437. The molecule has 24 heavy (non-hydrogen) atoms. The molecule has 126 valence electrons. The summed E-state index contributed by atoms with van der Waals surface area (Å²) in [4.78, 5) is 23.1. The maximum absolute atomic E-state index is 12.0. The molecular formula is C18H19NO5. The Morgan fingerprint density at radius 3 is 2.54 bits per heavy atom. The molecule has 0 aromatic heterocycles. The summed E-state index contributed by atoms with van der Waals surface area (Å²) in [5.41, 5.74) is 1.48. The highest BCUT2D eigenvalue weighted by atomic mass is 16.5. The smallest absolute Gasteiger partial charge is 0.407 e. The van der Waals surface area contributed by atoms with E-state index in [1.165, 1.54) is 7.11 Å². The minimum absolute atomic E-state index is 0.116. The van der Waals surface area contributed by atoms with Crippen molar-refractivity contribution >= 4 is 12.1 Å². The number of rotatable bonds is 7. The summed E-state index contributed by atoms with van der Waals surface area (Å²) in [6.07, 6.45) is -0.930. The largest absolute Gasteiger partial charge is 0.497 e. The highest BCUT2D eigenvalue weighted by molar-refractivity contribution is 5.72. The van der Waals surface area contributed by atoms with Crippen LogP contribution in [0.25, 0.3) is 0 Å². The second-order valence-corrected chi connectivity index (χ2v) is 5.13. The van der Waals surface area contributed by atoms with Crippen LogP contribution in [-0.4, -0.2) is 24.3 Å². The third-order valence-corrected chi connectivity index (χ3v) is 3.38. The van der Waals surface area contributed by atoms with Crippen LogP contribution in [0.3, 0.4) is 0 Å². The topological polar surface area (TPSA) is 84.9 Å². The average Bonchev–Trinajstić information content (AvgIpc) is 2.60. The second kappa shape index (κ2) is 8.57. The molecule has 0 aliphatic carbocycles. The van der Waals surface area contributed by atoms with E-state index in [0.717, 1.165) is 5.56 Å². The van der Waals surface area contributed by atoms with Gasteiger partial charge in [0, 0.05) is 0 Å². The van der Waals surface area contributed by atoms with Crippen molar-refractivity contribution in [2.75, 3.05) is 7.11 Å². The van der Waals surface area contributed by atoms with E-state index in [1.54, 1.807) is 24.3 Å². The fourth-order valence-electron chi connectivity index (χ4n) is 2.19. The molecule has 2 aromatic carbocycles. The van der Waals surface area contributed by atoms with E-state index in [1.807, 2.05) is 30.3 Å². The quantitative estimate of drug-likeness (QED) is 0.815. The van der Waals surface area contributed by atoms with Crippen LogP contribution in [0, 0.1) is 0 Å². The minimum atomic E-state index is -1.02. The molecule has 0 aliphatic heterocycles. The third kappa shape index (κ3) is 5.31. The van der Waals surface area contributed by atoms with Gasteiger partial charge < -0.3 is 19.9 Å². The van der Waals surface area contributed by atoms with Crippen LogP contribution >= 0.6 is 0 Å². The molecule has 0 fully saturated rings. The minimum Gasteiger partial charge on any atom is -0.497 e. The maximum atomic E-state index is 12.0. The monoisotopic (exact) mass is 329 g/mol. The Morgan fingerprint density at radius 2 is 1.88 bits per heavy atom. The molecule has 1 amide bonds. The molecule has 0 aliphatic rings. The third-order valence-electron chi connectivity index (χ3n) is 3.38. The van der Waals surface area contributed by atoms with Crippen molar-refractivity contribution in [3.05, 3.63) is 65.7 Å². The van der Waals surface area contributed by atoms with Gasteiger partial charge in [0.15, 0.2) is 0 Å². The van der Waals surface area contributed by atoms with Crippen molar-refractivity contribution in [1.82, 2.24) is 5.32 Å². The first-order valence-electron chi connectivity index (χ1n) is 7.41. The first kappa shape index (κ1) is 17.3. The zero-order valence-electron chi connectivity index (χ0n) is 13.3. The van der Waals surface area contributed by atoms with Crippen molar-refractivity contribution in [2.45, 2.75) is 19.1 Å². The number of aliphatic carboxylic acids is 1. The predicted octanol–water partition coefficient (Wildman–Crippen LogP) is 3.14. The Balaban J connectivity index is 2.02. The van der Waals surface area contributed by atoms with Crippen LogP contribution in [0.4, 0.5) is 4.79 Å². The lowest BCUT2D eigenvalue weighted by Gasteiger charge is -2.18. The Bertz CT molecular complexity index is 687. The summed E-state index contributed by atoms with van der Waals surface area (Å²) in [6, 6.07) is 15.4. The van der Waals surface area contributed by atoms with Gasteiger partial charge in [-0.25, -0.2) is 4.79 Å². The van der Waals surface area contributed by atoms with E-state index in [0.29, 0.717) is 11.3 Å². The number of hydrogen-bond acceptors (Lipinski definition) is 4. The summed E-state index contributed by atoms with van der Waals surface area (Å²) >= 11 is 0. The van der Waals surface area contributed by atoms with Gasteiger partial charge in [-0.3, -0.25) is 4.79 Å². The molecular weight excluding hydrogens is 310 g/mol. The maximum Gasteiger partial charge on any atom is 0.407 e. The van der Waals surface area contributed by atoms with Crippen LogP contribution in [-0.2, 0) is 16.1 Å². The van der Waals surface area contributed by atoms with Gasteiger partial charge >= 0.3 is 12.1 Å². The zero-order chi connectivity index (χ0) is 17.4. The second-order valence-electron chi connectivity index (χ2n) is 5.13. The van der Waals surface area contributed by atoms with Gasteiger partial charge in [-0.1, -0.05) is 42.5 Å². The molecule has 0 heterocycles. The van der Waals surface area contributed by atoms with E-state index in [2.05, 4.69) is 5.32 Å². The van der Waals surface area contributed by atoms with Crippen molar-refractivity contribution in [2.24, 2.45) is 0 Å². The highest BCUT2D eigenvalue weighted by Crippen LogP contribution is 2.22. The van der Waals surface area contributed by atoms with E-state index in [9.17, 15) is 9.59 Å². The van der Waals surface area contributed by atoms with Crippen molar-refractivity contribution < 1.29 is 24.2 Å². The SMILES string of the molecule is COc1cccc([C@@H](CC(=O)O)NC(=O)OCc2ccccc2)c1. The molecule has 2 rings (SSSR count). The van der Waals surface area contributed by atoms with Crippen LogP contribution in [0.1, 0.15) is 23.6 Å². The summed E-state index contributed by atoms with van der Waals surface area (Å²) in [5, 5.41) is 11.7. The average molecular weight is 329 g/mol. The summed E-state index contributed by atoms with van der Waals surface area (Å²) in [7, 11) is 1.52. The van der Waals surface area contributed by atoms with Gasteiger partial charge in [0.1, 0.15) is 12.4 Å². The molecule has 6 nitrogen and oxygen atoms in total. The zero-order valence-corrected chi connectivity index (χ0v) is 13.3. The number of amides is 1. The fraction of sp³-hybridized carbons (Fsp3) is 0.222. The molecule has 6 heteroatoms. The Labute approximate surface area is 140 Å². The lowest BCUT2D eigenvalue weighted by molar-refractivity contribution is -0.137. The number of carboxylic acid groups (broad SMARTS) is 1. The first-order valence-corrected chi connectivity index (χ1v) is 7.41. The lowest BCUT2D eigenvalue weighted by Crippen LogP contribution is -2.30. The number of benzene rings is 2. The molecule has 0 spiro atoms. The van der Waals surface area contributed by atoms with Crippen LogP contribution in [0.15, 0.2) is 54.6 Å². The molecule has 0 saturated heterocycles. The number of alkyl carbamates (subject to hydrolysis) is 1. The summed E-state index contributed by atoms with van der Waals surface area (Å²) in [6.45, 7) is 0.116. The standard InChI is InChI=1S/C18H19NO5/c1-23-15-9-5-8-14(10-15)16(11-17(20)21)19-18(22)24-12-13-6-3-2-4-7-13/h2-10,16H,11-12H2,1H3,(H,19,22)(H,20,21)/t16-/m1/s1. The predicted molar refractivity (Wildman–Crippen MR) is 87.8 cm³/mol. The van der Waals surface area contributed by atoms with E-state index in [-0.39, 0.29) is 13.0 Å². The van der Waals surface area contributed by atoms with E-state index in [4.69, 9.17) is 14.6 Å². The van der Waals surface area contributed by atoms with Gasteiger partial charge in [0.25, 0.3) is 0 Å². The lowest BCUT2D eigenvalue weighted by atomic mass is 10.0. The molecule has 0 bridgehead atoms. The van der Waals surface area contributed by atoms with Crippen molar-refractivity contribution in [3.63, 3.8) is 0 Å². The van der Waals surface area contributed by atoms with Gasteiger partial charge in [-0.15, -0.1) is 0 Å². The Kier molecular flexibility index (Phi) is 6.19. The number of ether oxygens (including phenoxy) is 2. The van der Waals surface area contributed by atoms with Crippen LogP contribution < -0.4 is 10.1 Å². The fourth-order valence-corrected chi connectivity index (χ4v) is 2.19.